The van der Waals surface area contributed by atoms with Crippen LogP contribution in [0.3, 0.4) is 0 Å². The summed E-state index contributed by atoms with van der Waals surface area (Å²) in [7, 11) is -3.90. The molecule has 27 heavy (non-hydrogen) atoms. The first-order chi connectivity index (χ1) is 12.7. The zero-order valence-electron chi connectivity index (χ0n) is 14.2. The molecular weight excluding hydrogens is 410 g/mol. The number of carbonyl (C=O) groups is 2. The van der Waals surface area contributed by atoms with Gasteiger partial charge in [-0.2, -0.15) is 0 Å². The fraction of sp³-hybridized carbons (Fsp3) is 0.118. The van der Waals surface area contributed by atoms with E-state index in [9.17, 15) is 18.0 Å². The Hall–Kier alpha value is -2.49. The maximum Gasteiger partial charge on any atom is 0.264 e. The first kappa shape index (κ1) is 20.8. The zero-order valence-corrected chi connectivity index (χ0v) is 16.5. The molecule has 0 fully saturated rings. The molecule has 0 saturated heterocycles. The molecule has 2 amide bonds. The third kappa shape index (κ3) is 6.63. The molecule has 0 saturated carbocycles. The lowest BCUT2D eigenvalue weighted by molar-refractivity contribution is -0.119. The third-order valence-corrected chi connectivity index (χ3v) is 5.14. The predicted octanol–water partition coefficient (Wildman–Crippen LogP) is 2.22. The maximum atomic E-state index is 12.0. The van der Waals surface area contributed by atoms with Crippen LogP contribution in [0.25, 0.3) is 0 Å². The van der Waals surface area contributed by atoms with Crippen molar-refractivity contribution in [2.75, 3.05) is 5.32 Å². The first-order valence-electron chi connectivity index (χ1n) is 7.64. The van der Waals surface area contributed by atoms with Crippen LogP contribution in [-0.4, -0.2) is 25.3 Å². The van der Waals surface area contributed by atoms with Gasteiger partial charge in [0.05, 0.1) is 11.3 Å². The molecule has 0 radical (unpaired) electrons. The van der Waals surface area contributed by atoms with Crippen LogP contribution < -0.4 is 15.4 Å². The number of anilines is 1. The van der Waals surface area contributed by atoms with Crippen LogP contribution >= 0.6 is 23.8 Å². The summed E-state index contributed by atoms with van der Waals surface area (Å²) < 4.78 is 25.6. The molecule has 0 aliphatic rings. The van der Waals surface area contributed by atoms with Gasteiger partial charge in [0.1, 0.15) is 0 Å². The molecule has 2 aromatic rings. The van der Waals surface area contributed by atoms with Crippen LogP contribution in [0, 0.1) is 0 Å². The van der Waals surface area contributed by atoms with Crippen LogP contribution in [0.15, 0.2) is 53.4 Å². The Morgan fingerprint density at radius 3 is 2.19 bits per heavy atom. The van der Waals surface area contributed by atoms with E-state index in [2.05, 4.69) is 10.6 Å². The van der Waals surface area contributed by atoms with Crippen LogP contribution in [0.1, 0.15) is 12.5 Å². The van der Waals surface area contributed by atoms with Gasteiger partial charge in [0.15, 0.2) is 5.11 Å². The van der Waals surface area contributed by atoms with E-state index in [0.717, 1.165) is 12.5 Å². The fourth-order valence-electron chi connectivity index (χ4n) is 2.09. The van der Waals surface area contributed by atoms with Crippen LogP contribution in [0.2, 0.25) is 5.02 Å². The van der Waals surface area contributed by atoms with Crippen LogP contribution in [-0.2, 0) is 26.0 Å². The lowest BCUT2D eigenvalue weighted by Gasteiger charge is -2.10. The molecule has 3 N–H and O–H groups in total. The van der Waals surface area contributed by atoms with Gasteiger partial charge in [-0.25, -0.2) is 13.1 Å². The van der Waals surface area contributed by atoms with E-state index < -0.39 is 15.9 Å². The van der Waals surface area contributed by atoms with E-state index in [1.807, 2.05) is 4.72 Å². The number of halogens is 1. The van der Waals surface area contributed by atoms with Crippen molar-refractivity contribution in [1.29, 1.82) is 0 Å². The zero-order chi connectivity index (χ0) is 20.0. The van der Waals surface area contributed by atoms with Crippen molar-refractivity contribution in [3.05, 3.63) is 59.1 Å². The Bertz CT molecular complexity index is 959. The third-order valence-electron chi connectivity index (χ3n) is 3.23. The molecule has 142 valence electrons. The van der Waals surface area contributed by atoms with Crippen molar-refractivity contribution in [1.82, 2.24) is 10.0 Å². The molecule has 2 rings (SSSR count). The number of thiocarbonyl (C=S) groups is 1. The van der Waals surface area contributed by atoms with Gasteiger partial charge in [-0.05, 0) is 54.2 Å². The van der Waals surface area contributed by atoms with Crippen molar-refractivity contribution in [2.24, 2.45) is 0 Å². The highest BCUT2D eigenvalue weighted by Crippen LogP contribution is 2.14. The number of hydrogen-bond acceptors (Lipinski definition) is 5. The van der Waals surface area contributed by atoms with E-state index in [0.29, 0.717) is 10.7 Å². The quantitative estimate of drug-likeness (QED) is 0.634. The van der Waals surface area contributed by atoms with Crippen molar-refractivity contribution in [3.8, 4) is 0 Å². The Morgan fingerprint density at radius 1 is 1.04 bits per heavy atom. The summed E-state index contributed by atoms with van der Waals surface area (Å²) in [6, 6.07) is 12.4. The summed E-state index contributed by atoms with van der Waals surface area (Å²) in [5.74, 6) is -0.985. The predicted molar refractivity (Wildman–Crippen MR) is 107 cm³/mol. The molecule has 0 unspecified atom stereocenters. The number of nitrogens with one attached hydrogen (secondary N) is 3. The average molecular weight is 426 g/mol. The number of carbonyl (C=O) groups excluding carboxylic acids is 2. The molecule has 0 atom stereocenters. The lowest BCUT2D eigenvalue weighted by atomic mass is 10.1. The van der Waals surface area contributed by atoms with Gasteiger partial charge in [0, 0.05) is 17.6 Å². The molecule has 0 heterocycles. The number of amides is 2. The van der Waals surface area contributed by atoms with Crippen LogP contribution in [0.5, 0.6) is 0 Å². The SMILES string of the molecule is CC(=O)NS(=O)(=O)c1ccc(NC(=S)NC(=O)Cc2ccc(Cl)cc2)cc1. The maximum absolute atomic E-state index is 12.0. The number of benzene rings is 2. The van der Waals surface area contributed by atoms with Gasteiger partial charge in [-0.3, -0.25) is 9.59 Å². The summed E-state index contributed by atoms with van der Waals surface area (Å²) in [4.78, 5) is 22.9. The Kier molecular flexibility index (Phi) is 6.89. The Balaban J connectivity index is 1.92. The monoisotopic (exact) mass is 425 g/mol. The fourth-order valence-corrected chi connectivity index (χ4v) is 3.43. The topological polar surface area (TPSA) is 104 Å². The lowest BCUT2D eigenvalue weighted by Crippen LogP contribution is -2.35. The van der Waals surface area contributed by atoms with Crippen molar-refractivity contribution >= 4 is 56.5 Å². The molecule has 0 spiro atoms. The van der Waals surface area contributed by atoms with E-state index in [4.69, 9.17) is 23.8 Å². The average Bonchev–Trinajstić information content (AvgIpc) is 2.56. The molecule has 0 aliphatic heterocycles. The van der Waals surface area contributed by atoms with Gasteiger partial charge in [-0.1, -0.05) is 23.7 Å². The normalized spacial score (nSPS) is 10.7. The van der Waals surface area contributed by atoms with Gasteiger partial charge < -0.3 is 10.6 Å². The number of hydrogen-bond donors (Lipinski definition) is 3. The van der Waals surface area contributed by atoms with Gasteiger partial charge in [0.2, 0.25) is 11.8 Å². The minimum atomic E-state index is -3.90. The van der Waals surface area contributed by atoms with Crippen LogP contribution in [0.4, 0.5) is 5.69 Å². The highest BCUT2D eigenvalue weighted by Gasteiger charge is 2.15. The van der Waals surface area contributed by atoms with Gasteiger partial charge in [0.25, 0.3) is 10.0 Å². The second-order valence-corrected chi connectivity index (χ2v) is 8.02. The first-order valence-corrected chi connectivity index (χ1v) is 9.91. The second-order valence-electron chi connectivity index (χ2n) is 5.49. The highest BCUT2D eigenvalue weighted by molar-refractivity contribution is 7.90. The van der Waals surface area contributed by atoms with Crippen molar-refractivity contribution in [2.45, 2.75) is 18.2 Å². The summed E-state index contributed by atoms with van der Waals surface area (Å²) in [6.07, 6.45) is 0.132. The van der Waals surface area contributed by atoms with E-state index in [1.54, 1.807) is 24.3 Å². The minimum absolute atomic E-state index is 0.0686. The smallest absolute Gasteiger partial charge is 0.264 e. The Morgan fingerprint density at radius 2 is 1.63 bits per heavy atom. The Labute approximate surface area is 167 Å². The molecule has 0 aromatic heterocycles. The van der Waals surface area contributed by atoms with Crippen molar-refractivity contribution < 1.29 is 18.0 Å². The van der Waals surface area contributed by atoms with Gasteiger partial charge in [-0.15, -0.1) is 0 Å². The van der Waals surface area contributed by atoms with E-state index >= 15 is 0 Å². The minimum Gasteiger partial charge on any atom is -0.332 e. The number of rotatable bonds is 5. The number of sulfonamides is 1. The molecule has 0 bridgehead atoms. The summed E-state index contributed by atoms with van der Waals surface area (Å²) in [5, 5.41) is 5.98. The summed E-state index contributed by atoms with van der Waals surface area (Å²) in [6.45, 7) is 1.11. The molecule has 0 aliphatic carbocycles. The highest BCUT2D eigenvalue weighted by atomic mass is 35.5. The largest absolute Gasteiger partial charge is 0.332 e. The van der Waals surface area contributed by atoms with E-state index in [1.165, 1.54) is 24.3 Å². The summed E-state index contributed by atoms with van der Waals surface area (Å²) >= 11 is 10.9. The molecule has 2 aromatic carbocycles. The van der Waals surface area contributed by atoms with Crippen molar-refractivity contribution in [3.63, 3.8) is 0 Å². The molecular formula is C17H16ClN3O4S2. The van der Waals surface area contributed by atoms with Gasteiger partial charge >= 0.3 is 0 Å². The summed E-state index contributed by atoms with van der Waals surface area (Å²) in [5.41, 5.74) is 1.26. The second kappa shape index (κ2) is 8.94. The standard InChI is InChI=1S/C17H16ClN3O4S2/c1-11(22)21-27(24,25)15-8-6-14(7-9-15)19-17(26)20-16(23)10-12-2-4-13(18)5-3-12/h2-9H,10H2,1H3,(H,21,22)(H2,19,20,23,26). The molecule has 7 nitrogen and oxygen atoms in total. The molecule has 10 heteroatoms. The van der Waals surface area contributed by atoms with E-state index in [-0.39, 0.29) is 22.3 Å².